The molecule has 1 heterocycles. The fourth-order valence-corrected chi connectivity index (χ4v) is 2.83. The minimum absolute atomic E-state index is 0.143. The number of hydrogen-bond acceptors (Lipinski definition) is 2. The van der Waals surface area contributed by atoms with Gasteiger partial charge in [-0.25, -0.2) is 0 Å². The zero-order valence-corrected chi connectivity index (χ0v) is 13.1. The average Bonchev–Trinajstić information content (AvgIpc) is 2.67. The van der Waals surface area contributed by atoms with Crippen LogP contribution >= 0.6 is 28.1 Å². The van der Waals surface area contributed by atoms with E-state index in [-0.39, 0.29) is 5.91 Å². The zero-order chi connectivity index (χ0) is 13.7. The molecule has 1 aromatic carbocycles. The van der Waals surface area contributed by atoms with Crippen molar-refractivity contribution in [3.05, 3.63) is 34.3 Å². The highest BCUT2D eigenvalue weighted by atomic mass is 79.9. The number of benzene rings is 1. The highest BCUT2D eigenvalue weighted by Crippen LogP contribution is 2.12. The van der Waals surface area contributed by atoms with Gasteiger partial charge in [0.05, 0.1) is 0 Å². The molecule has 1 saturated heterocycles. The van der Waals surface area contributed by atoms with Crippen LogP contribution in [0.5, 0.6) is 0 Å². The third-order valence-electron chi connectivity index (χ3n) is 3.20. The van der Waals surface area contributed by atoms with Gasteiger partial charge in [-0.15, -0.1) is 0 Å². The second-order valence-corrected chi connectivity index (χ2v) is 5.97. The molecular formula is C14H17BrN2OS. The SMILES string of the molecule is O=C(NC(=S)N1CCCCCC1)c1cccc(Br)c1. The second kappa shape index (κ2) is 7.01. The van der Waals surface area contributed by atoms with E-state index in [1.807, 2.05) is 12.1 Å². The Balaban J connectivity index is 1.96. The van der Waals surface area contributed by atoms with Crippen LogP contribution in [0.2, 0.25) is 0 Å². The fourth-order valence-electron chi connectivity index (χ4n) is 2.15. The van der Waals surface area contributed by atoms with E-state index in [1.165, 1.54) is 12.8 Å². The van der Waals surface area contributed by atoms with Crippen LogP contribution < -0.4 is 5.32 Å². The van der Waals surface area contributed by atoms with Crippen molar-refractivity contribution in [1.82, 2.24) is 10.2 Å². The number of carbonyl (C=O) groups excluding carboxylic acids is 1. The van der Waals surface area contributed by atoms with Gasteiger partial charge >= 0.3 is 0 Å². The molecule has 1 fully saturated rings. The monoisotopic (exact) mass is 340 g/mol. The van der Waals surface area contributed by atoms with Gasteiger partial charge in [0.15, 0.2) is 5.11 Å². The lowest BCUT2D eigenvalue weighted by Gasteiger charge is -2.23. The zero-order valence-electron chi connectivity index (χ0n) is 10.7. The summed E-state index contributed by atoms with van der Waals surface area (Å²) in [4.78, 5) is 14.2. The van der Waals surface area contributed by atoms with E-state index < -0.39 is 0 Å². The van der Waals surface area contributed by atoms with Crippen LogP contribution in [0, 0.1) is 0 Å². The number of nitrogens with one attached hydrogen (secondary N) is 1. The van der Waals surface area contributed by atoms with E-state index in [4.69, 9.17) is 12.2 Å². The topological polar surface area (TPSA) is 32.3 Å². The molecular weight excluding hydrogens is 324 g/mol. The smallest absolute Gasteiger partial charge is 0.257 e. The summed E-state index contributed by atoms with van der Waals surface area (Å²) in [5, 5.41) is 3.37. The molecule has 5 heteroatoms. The first kappa shape index (κ1) is 14.5. The molecule has 0 radical (unpaired) electrons. The van der Waals surface area contributed by atoms with Gasteiger partial charge in [-0.2, -0.15) is 0 Å². The van der Waals surface area contributed by atoms with Crippen molar-refractivity contribution >= 4 is 39.2 Å². The van der Waals surface area contributed by atoms with Crippen molar-refractivity contribution in [1.29, 1.82) is 0 Å². The van der Waals surface area contributed by atoms with E-state index >= 15 is 0 Å². The van der Waals surface area contributed by atoms with Crippen LogP contribution in [-0.4, -0.2) is 29.0 Å². The van der Waals surface area contributed by atoms with Crippen LogP contribution in [-0.2, 0) is 0 Å². The maximum atomic E-state index is 12.1. The molecule has 19 heavy (non-hydrogen) atoms. The molecule has 1 amide bonds. The van der Waals surface area contributed by atoms with Gasteiger partial charge in [0, 0.05) is 23.1 Å². The highest BCUT2D eigenvalue weighted by Gasteiger charge is 2.15. The summed E-state index contributed by atoms with van der Waals surface area (Å²) >= 11 is 8.69. The Hall–Kier alpha value is -0.940. The fraction of sp³-hybridized carbons (Fsp3) is 0.429. The Morgan fingerprint density at radius 2 is 1.89 bits per heavy atom. The van der Waals surface area contributed by atoms with Gasteiger partial charge in [0.1, 0.15) is 0 Å². The van der Waals surface area contributed by atoms with Crippen molar-refractivity contribution in [3.8, 4) is 0 Å². The van der Waals surface area contributed by atoms with Gasteiger partial charge in [-0.05, 0) is 43.3 Å². The Bertz CT molecular complexity index is 470. The largest absolute Gasteiger partial charge is 0.349 e. The molecule has 102 valence electrons. The van der Waals surface area contributed by atoms with E-state index in [0.717, 1.165) is 30.4 Å². The number of nitrogens with zero attached hydrogens (tertiary/aromatic N) is 1. The molecule has 0 aliphatic carbocycles. The third-order valence-corrected chi connectivity index (χ3v) is 4.05. The Morgan fingerprint density at radius 1 is 1.21 bits per heavy atom. The van der Waals surface area contributed by atoms with E-state index in [0.29, 0.717) is 10.7 Å². The number of amides is 1. The number of hydrogen-bond donors (Lipinski definition) is 1. The predicted molar refractivity (Wildman–Crippen MR) is 84.2 cm³/mol. The quantitative estimate of drug-likeness (QED) is 0.795. The van der Waals surface area contributed by atoms with Gasteiger partial charge in [-0.3, -0.25) is 10.1 Å². The number of rotatable bonds is 1. The van der Waals surface area contributed by atoms with Gasteiger partial charge < -0.3 is 4.90 Å². The minimum atomic E-state index is -0.143. The first-order valence-corrected chi connectivity index (χ1v) is 7.73. The molecule has 0 aromatic heterocycles. The minimum Gasteiger partial charge on any atom is -0.349 e. The van der Waals surface area contributed by atoms with Crippen LogP contribution in [0.3, 0.4) is 0 Å². The Kier molecular flexibility index (Phi) is 5.34. The summed E-state index contributed by atoms with van der Waals surface area (Å²) in [6.45, 7) is 1.88. The molecule has 3 nitrogen and oxygen atoms in total. The van der Waals surface area contributed by atoms with Crippen molar-refractivity contribution in [3.63, 3.8) is 0 Å². The molecule has 1 aliphatic heterocycles. The predicted octanol–water partition coefficient (Wildman–Crippen LogP) is 3.34. The Morgan fingerprint density at radius 3 is 2.53 bits per heavy atom. The Labute approximate surface area is 127 Å². The van der Waals surface area contributed by atoms with Crippen LogP contribution in [0.4, 0.5) is 0 Å². The lowest BCUT2D eigenvalue weighted by Crippen LogP contribution is -2.43. The molecule has 1 aromatic rings. The molecule has 0 spiro atoms. The first-order valence-electron chi connectivity index (χ1n) is 6.52. The molecule has 0 saturated carbocycles. The van der Waals surface area contributed by atoms with Crippen molar-refractivity contribution in [2.24, 2.45) is 0 Å². The summed E-state index contributed by atoms with van der Waals surface area (Å²) in [6, 6.07) is 7.31. The summed E-state index contributed by atoms with van der Waals surface area (Å²) < 4.78 is 0.890. The standard InChI is InChI=1S/C14H17BrN2OS/c15-12-7-5-6-11(10-12)13(18)16-14(19)17-8-3-1-2-4-9-17/h5-7,10H,1-4,8-9H2,(H,16,18,19). The van der Waals surface area contributed by atoms with E-state index in [2.05, 4.69) is 26.1 Å². The summed E-state index contributed by atoms with van der Waals surface area (Å²) in [5.74, 6) is -0.143. The van der Waals surface area contributed by atoms with Crippen molar-refractivity contribution < 1.29 is 4.79 Å². The van der Waals surface area contributed by atoms with Gasteiger partial charge in [0.2, 0.25) is 0 Å². The third kappa shape index (κ3) is 4.28. The molecule has 2 rings (SSSR count). The number of likely N-dealkylation sites (tertiary alicyclic amines) is 1. The maximum absolute atomic E-state index is 12.1. The van der Waals surface area contributed by atoms with Crippen molar-refractivity contribution in [2.75, 3.05) is 13.1 Å². The molecule has 0 unspecified atom stereocenters. The van der Waals surface area contributed by atoms with Crippen LogP contribution in [0.1, 0.15) is 36.0 Å². The van der Waals surface area contributed by atoms with Crippen LogP contribution in [0.25, 0.3) is 0 Å². The van der Waals surface area contributed by atoms with Crippen LogP contribution in [0.15, 0.2) is 28.7 Å². The molecule has 1 aliphatic rings. The van der Waals surface area contributed by atoms with E-state index in [9.17, 15) is 4.79 Å². The molecule has 1 N–H and O–H groups in total. The second-order valence-electron chi connectivity index (χ2n) is 4.67. The van der Waals surface area contributed by atoms with Crippen molar-refractivity contribution in [2.45, 2.75) is 25.7 Å². The number of halogens is 1. The molecule has 0 bridgehead atoms. The van der Waals surface area contributed by atoms with Gasteiger partial charge in [-0.1, -0.05) is 34.8 Å². The lowest BCUT2D eigenvalue weighted by atomic mass is 10.2. The summed E-state index contributed by atoms with van der Waals surface area (Å²) in [7, 11) is 0. The normalized spacial score (nSPS) is 15.7. The highest BCUT2D eigenvalue weighted by molar-refractivity contribution is 9.10. The molecule has 0 atom stereocenters. The van der Waals surface area contributed by atoms with E-state index in [1.54, 1.807) is 12.1 Å². The maximum Gasteiger partial charge on any atom is 0.257 e. The lowest BCUT2D eigenvalue weighted by molar-refractivity contribution is 0.0973. The summed E-state index contributed by atoms with van der Waals surface area (Å²) in [5.41, 5.74) is 0.617. The summed E-state index contributed by atoms with van der Waals surface area (Å²) in [6.07, 6.45) is 4.79. The number of carbonyl (C=O) groups is 1. The average molecular weight is 341 g/mol. The number of thiocarbonyl (C=S) groups is 1. The van der Waals surface area contributed by atoms with Gasteiger partial charge in [0.25, 0.3) is 5.91 Å². The first-order chi connectivity index (χ1) is 9.16.